The van der Waals surface area contributed by atoms with E-state index in [0.29, 0.717) is 6.61 Å². The second kappa shape index (κ2) is 7.62. The molecule has 0 heterocycles. The summed E-state index contributed by atoms with van der Waals surface area (Å²) in [5.74, 6) is -0.490. The second-order valence-electron chi connectivity index (χ2n) is 3.69. The summed E-state index contributed by atoms with van der Waals surface area (Å²) in [5.41, 5.74) is 0. The van der Waals surface area contributed by atoms with Crippen LogP contribution >= 0.6 is 0 Å². The highest BCUT2D eigenvalue weighted by molar-refractivity contribution is 5.65. The molecule has 0 aromatic heterocycles. The first-order valence-electron chi connectivity index (χ1n) is 4.95. The van der Waals surface area contributed by atoms with Gasteiger partial charge in [-0.2, -0.15) is 0 Å². The molecule has 2 N–H and O–H groups in total. The molecule has 0 saturated heterocycles. The lowest BCUT2D eigenvalue weighted by Crippen LogP contribution is -2.29. The molecule has 0 radical (unpaired) electrons. The molecule has 0 bridgehead atoms. The fourth-order valence-electron chi connectivity index (χ4n) is 1.17. The number of aliphatic hydroxyl groups is 2. The molecule has 0 aliphatic rings. The van der Waals surface area contributed by atoms with Crippen LogP contribution in [-0.2, 0) is 14.3 Å². The average molecular weight is 220 g/mol. The fraction of sp³-hybridized carbons (Fsp3) is 0.900. The van der Waals surface area contributed by atoms with E-state index < -0.39 is 18.2 Å². The molecule has 90 valence electrons. The zero-order chi connectivity index (χ0) is 11.8. The van der Waals surface area contributed by atoms with E-state index in [2.05, 4.69) is 4.74 Å². The number of hydrogen-bond donors (Lipinski definition) is 2. The largest absolute Gasteiger partial charge is 0.463 e. The third-order valence-corrected chi connectivity index (χ3v) is 2.08. The number of carbonyl (C=O) groups excluding carboxylic acids is 1. The maximum Gasteiger partial charge on any atom is 0.302 e. The molecule has 0 aliphatic carbocycles. The second-order valence-corrected chi connectivity index (χ2v) is 3.69. The first-order valence-corrected chi connectivity index (χ1v) is 4.95. The zero-order valence-corrected chi connectivity index (χ0v) is 9.47. The number of hydrogen-bond acceptors (Lipinski definition) is 5. The summed E-state index contributed by atoms with van der Waals surface area (Å²) in [6, 6.07) is 0. The smallest absolute Gasteiger partial charge is 0.302 e. The Kier molecular flexibility index (Phi) is 7.29. The lowest BCUT2D eigenvalue weighted by Gasteiger charge is -2.20. The molecular formula is C10H20O5. The molecule has 0 saturated carbocycles. The zero-order valence-electron chi connectivity index (χ0n) is 9.47. The average Bonchev–Trinajstić information content (AvgIpc) is 2.15. The Morgan fingerprint density at radius 3 is 2.40 bits per heavy atom. The van der Waals surface area contributed by atoms with Crippen molar-refractivity contribution in [2.24, 2.45) is 5.92 Å². The van der Waals surface area contributed by atoms with Gasteiger partial charge in [0.2, 0.25) is 0 Å². The Hall–Kier alpha value is -0.650. The molecule has 0 aromatic rings. The summed E-state index contributed by atoms with van der Waals surface area (Å²) in [6.07, 6.45) is -1.31. The Balaban J connectivity index is 3.74. The van der Waals surface area contributed by atoms with Crippen molar-refractivity contribution in [3.05, 3.63) is 0 Å². The molecule has 5 nitrogen and oxygen atoms in total. The molecule has 0 amide bonds. The SMILES string of the molecule is COC[C@@H](C)[C@H](O)CC(O)COC(C)=O. The van der Waals surface area contributed by atoms with E-state index in [1.54, 1.807) is 7.11 Å². The summed E-state index contributed by atoms with van der Waals surface area (Å²) in [5, 5.41) is 19.0. The standard InChI is InChI=1S/C10H20O5/c1-7(5-14-3)10(13)4-9(12)6-15-8(2)11/h7,9-10,12-13H,4-6H2,1-3H3/t7-,9?,10-/m1/s1. The van der Waals surface area contributed by atoms with Gasteiger partial charge in [0.1, 0.15) is 6.61 Å². The normalized spacial score (nSPS) is 16.9. The quantitative estimate of drug-likeness (QED) is 0.588. The van der Waals surface area contributed by atoms with Crippen LogP contribution in [0.4, 0.5) is 0 Å². The summed E-state index contributed by atoms with van der Waals surface area (Å²) >= 11 is 0. The van der Waals surface area contributed by atoms with Crippen LogP contribution in [0.5, 0.6) is 0 Å². The maximum absolute atomic E-state index is 10.5. The predicted octanol–water partition coefficient (Wildman–Crippen LogP) is -0.0561. The Bertz CT molecular complexity index is 183. The number of esters is 1. The van der Waals surface area contributed by atoms with Crippen molar-refractivity contribution in [1.82, 2.24) is 0 Å². The van der Waals surface area contributed by atoms with Gasteiger partial charge in [0.25, 0.3) is 0 Å². The van der Waals surface area contributed by atoms with Crippen LogP contribution in [0.15, 0.2) is 0 Å². The minimum Gasteiger partial charge on any atom is -0.463 e. The van der Waals surface area contributed by atoms with Crippen LogP contribution in [0.1, 0.15) is 20.3 Å². The highest BCUT2D eigenvalue weighted by Crippen LogP contribution is 2.10. The van der Waals surface area contributed by atoms with Crippen LogP contribution in [0.2, 0.25) is 0 Å². The highest BCUT2D eigenvalue weighted by Gasteiger charge is 2.18. The minimum absolute atomic E-state index is 0.0537. The van der Waals surface area contributed by atoms with Gasteiger partial charge in [-0.3, -0.25) is 4.79 Å². The fourth-order valence-corrected chi connectivity index (χ4v) is 1.17. The third-order valence-electron chi connectivity index (χ3n) is 2.08. The van der Waals surface area contributed by atoms with E-state index in [9.17, 15) is 15.0 Å². The number of ether oxygens (including phenoxy) is 2. The number of methoxy groups -OCH3 is 1. The molecule has 0 fully saturated rings. The number of rotatable bonds is 7. The molecule has 5 heteroatoms. The summed E-state index contributed by atoms with van der Waals surface area (Å²) in [6.45, 7) is 3.46. The number of aliphatic hydroxyl groups excluding tert-OH is 2. The molecular weight excluding hydrogens is 200 g/mol. The Morgan fingerprint density at radius 1 is 1.33 bits per heavy atom. The first kappa shape index (κ1) is 14.3. The van der Waals surface area contributed by atoms with Gasteiger partial charge in [0, 0.05) is 26.4 Å². The van der Waals surface area contributed by atoms with E-state index in [1.807, 2.05) is 6.92 Å². The van der Waals surface area contributed by atoms with Gasteiger partial charge in [0.15, 0.2) is 0 Å². The van der Waals surface area contributed by atoms with E-state index in [1.165, 1.54) is 6.92 Å². The lowest BCUT2D eigenvalue weighted by atomic mass is 10.0. The van der Waals surface area contributed by atoms with Gasteiger partial charge in [0.05, 0.1) is 18.8 Å². The van der Waals surface area contributed by atoms with Gasteiger partial charge >= 0.3 is 5.97 Å². The predicted molar refractivity (Wildman–Crippen MR) is 54.3 cm³/mol. The van der Waals surface area contributed by atoms with Crippen LogP contribution in [0.25, 0.3) is 0 Å². The van der Waals surface area contributed by atoms with Crippen molar-refractivity contribution in [3.8, 4) is 0 Å². The first-order chi connectivity index (χ1) is 6.97. The van der Waals surface area contributed by atoms with Gasteiger partial charge < -0.3 is 19.7 Å². The lowest BCUT2D eigenvalue weighted by molar-refractivity contribution is -0.144. The van der Waals surface area contributed by atoms with Crippen LogP contribution < -0.4 is 0 Å². The number of carbonyl (C=O) groups is 1. The van der Waals surface area contributed by atoms with E-state index in [4.69, 9.17) is 4.74 Å². The monoisotopic (exact) mass is 220 g/mol. The van der Waals surface area contributed by atoms with Crippen molar-refractivity contribution < 1.29 is 24.5 Å². The summed E-state index contributed by atoms with van der Waals surface area (Å²) in [4.78, 5) is 10.5. The summed E-state index contributed by atoms with van der Waals surface area (Å²) < 4.78 is 9.49. The van der Waals surface area contributed by atoms with Gasteiger partial charge in [-0.1, -0.05) is 6.92 Å². The van der Waals surface area contributed by atoms with Gasteiger partial charge in [-0.25, -0.2) is 0 Å². The summed E-state index contributed by atoms with van der Waals surface area (Å²) in [7, 11) is 1.55. The van der Waals surface area contributed by atoms with Crippen LogP contribution in [0.3, 0.4) is 0 Å². The molecule has 0 aliphatic heterocycles. The van der Waals surface area contributed by atoms with E-state index >= 15 is 0 Å². The maximum atomic E-state index is 10.5. The van der Waals surface area contributed by atoms with Crippen LogP contribution in [-0.4, -0.2) is 48.7 Å². The van der Waals surface area contributed by atoms with Gasteiger partial charge in [-0.05, 0) is 0 Å². The molecule has 1 unspecified atom stereocenters. The molecule has 15 heavy (non-hydrogen) atoms. The topological polar surface area (TPSA) is 76.0 Å². The Morgan fingerprint density at radius 2 is 1.93 bits per heavy atom. The van der Waals surface area contributed by atoms with E-state index in [0.717, 1.165) is 0 Å². The van der Waals surface area contributed by atoms with Gasteiger partial charge in [-0.15, -0.1) is 0 Å². The molecule has 3 atom stereocenters. The third kappa shape index (κ3) is 7.30. The van der Waals surface area contributed by atoms with Crippen molar-refractivity contribution in [2.45, 2.75) is 32.5 Å². The minimum atomic E-state index is -0.830. The van der Waals surface area contributed by atoms with Crippen molar-refractivity contribution in [2.75, 3.05) is 20.3 Å². The Labute approximate surface area is 90.0 Å². The molecule has 0 rings (SSSR count). The molecule has 0 spiro atoms. The van der Waals surface area contributed by atoms with E-state index in [-0.39, 0.29) is 18.9 Å². The van der Waals surface area contributed by atoms with Crippen LogP contribution in [0, 0.1) is 5.92 Å². The molecule has 0 aromatic carbocycles. The van der Waals surface area contributed by atoms with Crippen molar-refractivity contribution >= 4 is 5.97 Å². The van der Waals surface area contributed by atoms with Crippen molar-refractivity contribution in [1.29, 1.82) is 0 Å². The highest BCUT2D eigenvalue weighted by atomic mass is 16.5. The van der Waals surface area contributed by atoms with Crippen molar-refractivity contribution in [3.63, 3.8) is 0 Å².